The third kappa shape index (κ3) is 6.39. The molecule has 2 aromatic carbocycles. The SMILES string of the molecule is Cc1ccc(OCCCC(=O)NCCNC(=O)c2cc(O)c(O)c(O)c2)cc1. The van der Waals surface area contributed by atoms with Gasteiger partial charge in [0, 0.05) is 25.1 Å². The molecular formula is C20H24N2O6. The van der Waals surface area contributed by atoms with E-state index in [1.807, 2.05) is 31.2 Å². The van der Waals surface area contributed by atoms with Crippen molar-refractivity contribution in [1.82, 2.24) is 10.6 Å². The molecule has 2 rings (SSSR count). The van der Waals surface area contributed by atoms with Crippen molar-refractivity contribution < 1.29 is 29.6 Å². The first kappa shape index (κ1) is 20.9. The van der Waals surface area contributed by atoms with Crippen molar-refractivity contribution in [1.29, 1.82) is 0 Å². The number of ether oxygens (including phenoxy) is 1. The number of aryl methyl sites for hydroxylation is 1. The fraction of sp³-hybridized carbons (Fsp3) is 0.300. The number of benzene rings is 2. The molecule has 8 heteroatoms. The van der Waals surface area contributed by atoms with Gasteiger partial charge in [0.2, 0.25) is 5.91 Å². The van der Waals surface area contributed by atoms with Gasteiger partial charge in [0.05, 0.1) is 6.61 Å². The first-order chi connectivity index (χ1) is 13.4. The third-order valence-electron chi connectivity index (χ3n) is 3.90. The minimum Gasteiger partial charge on any atom is -0.504 e. The number of hydrogen-bond acceptors (Lipinski definition) is 6. The van der Waals surface area contributed by atoms with Gasteiger partial charge in [-0.3, -0.25) is 9.59 Å². The van der Waals surface area contributed by atoms with E-state index in [9.17, 15) is 24.9 Å². The molecule has 0 spiro atoms. The summed E-state index contributed by atoms with van der Waals surface area (Å²) in [5.74, 6) is -1.80. The van der Waals surface area contributed by atoms with Gasteiger partial charge in [0.15, 0.2) is 17.2 Å². The van der Waals surface area contributed by atoms with Crippen molar-refractivity contribution in [3.8, 4) is 23.0 Å². The fourth-order valence-corrected chi connectivity index (χ4v) is 2.36. The lowest BCUT2D eigenvalue weighted by Gasteiger charge is -2.09. The van der Waals surface area contributed by atoms with Gasteiger partial charge in [-0.25, -0.2) is 0 Å². The summed E-state index contributed by atoms with van der Waals surface area (Å²) >= 11 is 0. The highest BCUT2D eigenvalue weighted by molar-refractivity contribution is 5.95. The first-order valence-corrected chi connectivity index (χ1v) is 8.86. The van der Waals surface area contributed by atoms with Crippen LogP contribution in [0.1, 0.15) is 28.8 Å². The van der Waals surface area contributed by atoms with Crippen molar-refractivity contribution in [2.24, 2.45) is 0 Å². The number of aromatic hydroxyl groups is 3. The van der Waals surface area contributed by atoms with Crippen LogP contribution in [0, 0.1) is 6.92 Å². The zero-order valence-corrected chi connectivity index (χ0v) is 15.6. The van der Waals surface area contributed by atoms with Crippen LogP contribution >= 0.6 is 0 Å². The Morgan fingerprint density at radius 3 is 2.21 bits per heavy atom. The second-order valence-corrected chi connectivity index (χ2v) is 6.23. The van der Waals surface area contributed by atoms with Crippen LogP contribution in [0.5, 0.6) is 23.0 Å². The summed E-state index contributed by atoms with van der Waals surface area (Å²) in [7, 11) is 0. The summed E-state index contributed by atoms with van der Waals surface area (Å²) in [4.78, 5) is 23.7. The summed E-state index contributed by atoms with van der Waals surface area (Å²) in [5, 5.41) is 33.3. The van der Waals surface area contributed by atoms with E-state index >= 15 is 0 Å². The largest absolute Gasteiger partial charge is 0.504 e. The highest BCUT2D eigenvalue weighted by Gasteiger charge is 2.13. The highest BCUT2D eigenvalue weighted by Crippen LogP contribution is 2.35. The molecule has 0 fully saturated rings. The Kier molecular flexibility index (Phi) is 7.50. The number of phenolic OH excluding ortho intramolecular Hbond substituents is 3. The number of rotatable bonds is 9. The standard InChI is InChI=1S/C20H24N2O6/c1-13-4-6-15(7-5-13)28-10-2-3-18(25)21-8-9-22-20(27)14-11-16(23)19(26)17(24)12-14/h4-7,11-12,23-24,26H,2-3,8-10H2,1H3,(H,21,25)(H,22,27). The average Bonchev–Trinajstić information content (AvgIpc) is 2.67. The maximum atomic E-state index is 11.9. The van der Waals surface area contributed by atoms with Crippen molar-refractivity contribution >= 4 is 11.8 Å². The Hall–Kier alpha value is -3.42. The van der Waals surface area contributed by atoms with Crippen LogP contribution in [0.3, 0.4) is 0 Å². The topological polar surface area (TPSA) is 128 Å². The van der Waals surface area contributed by atoms with Gasteiger partial charge >= 0.3 is 0 Å². The van der Waals surface area contributed by atoms with Crippen molar-refractivity contribution in [3.63, 3.8) is 0 Å². The number of nitrogens with one attached hydrogen (secondary N) is 2. The van der Waals surface area contributed by atoms with E-state index in [-0.39, 0.29) is 24.6 Å². The monoisotopic (exact) mass is 388 g/mol. The molecule has 0 aliphatic carbocycles. The number of carbonyl (C=O) groups excluding carboxylic acids is 2. The maximum Gasteiger partial charge on any atom is 0.251 e. The molecule has 0 radical (unpaired) electrons. The van der Waals surface area contributed by atoms with Crippen LogP contribution < -0.4 is 15.4 Å². The predicted molar refractivity (Wildman–Crippen MR) is 103 cm³/mol. The van der Waals surface area contributed by atoms with Gasteiger partial charge in [-0.15, -0.1) is 0 Å². The second-order valence-electron chi connectivity index (χ2n) is 6.23. The van der Waals surface area contributed by atoms with Crippen LogP contribution in [-0.4, -0.2) is 46.8 Å². The molecule has 0 atom stereocenters. The Morgan fingerprint density at radius 1 is 0.964 bits per heavy atom. The Morgan fingerprint density at radius 2 is 1.57 bits per heavy atom. The second kappa shape index (κ2) is 10.1. The quantitative estimate of drug-likeness (QED) is 0.329. The van der Waals surface area contributed by atoms with Gasteiger partial charge < -0.3 is 30.7 Å². The summed E-state index contributed by atoms with van der Waals surface area (Å²) in [6.45, 7) is 2.84. The Bertz CT molecular complexity index is 797. The van der Waals surface area contributed by atoms with Gasteiger partial charge in [0.25, 0.3) is 5.91 Å². The van der Waals surface area contributed by atoms with Crippen molar-refractivity contribution in [2.45, 2.75) is 19.8 Å². The van der Waals surface area contributed by atoms with E-state index in [0.29, 0.717) is 19.4 Å². The molecule has 2 amide bonds. The maximum absolute atomic E-state index is 11.9. The fourth-order valence-electron chi connectivity index (χ4n) is 2.36. The van der Waals surface area contributed by atoms with Gasteiger partial charge in [-0.05, 0) is 37.6 Å². The minimum absolute atomic E-state index is 0.00705. The molecule has 0 heterocycles. The Balaban J connectivity index is 1.60. The molecule has 0 aliphatic heterocycles. The van der Waals surface area contributed by atoms with Crippen LogP contribution in [0.4, 0.5) is 0 Å². The van der Waals surface area contributed by atoms with Crippen LogP contribution in [0.15, 0.2) is 36.4 Å². The summed E-state index contributed by atoms with van der Waals surface area (Å²) in [6.07, 6.45) is 0.873. The van der Waals surface area contributed by atoms with E-state index in [1.54, 1.807) is 0 Å². The molecule has 0 unspecified atom stereocenters. The third-order valence-corrected chi connectivity index (χ3v) is 3.90. The van der Waals surface area contributed by atoms with Crippen molar-refractivity contribution in [3.05, 3.63) is 47.5 Å². The summed E-state index contributed by atoms with van der Waals surface area (Å²) < 4.78 is 5.55. The number of amides is 2. The zero-order chi connectivity index (χ0) is 20.5. The van der Waals surface area contributed by atoms with Crippen molar-refractivity contribution in [2.75, 3.05) is 19.7 Å². The lowest BCUT2D eigenvalue weighted by molar-refractivity contribution is -0.121. The first-order valence-electron chi connectivity index (χ1n) is 8.86. The minimum atomic E-state index is -0.685. The number of phenols is 3. The molecule has 28 heavy (non-hydrogen) atoms. The van der Waals surface area contributed by atoms with E-state index in [0.717, 1.165) is 23.4 Å². The summed E-state index contributed by atoms with van der Waals surface area (Å²) in [5.41, 5.74) is 1.14. The smallest absolute Gasteiger partial charge is 0.251 e. The average molecular weight is 388 g/mol. The van der Waals surface area contributed by atoms with Crippen LogP contribution in [0.2, 0.25) is 0 Å². The molecule has 2 aromatic rings. The zero-order valence-electron chi connectivity index (χ0n) is 15.6. The molecule has 0 aromatic heterocycles. The normalized spacial score (nSPS) is 10.3. The lowest BCUT2D eigenvalue weighted by atomic mass is 10.1. The van der Waals surface area contributed by atoms with E-state index in [1.165, 1.54) is 0 Å². The molecule has 8 nitrogen and oxygen atoms in total. The molecule has 0 saturated heterocycles. The van der Waals surface area contributed by atoms with Crippen LogP contribution in [-0.2, 0) is 4.79 Å². The molecule has 0 aliphatic rings. The van der Waals surface area contributed by atoms with Crippen LogP contribution in [0.25, 0.3) is 0 Å². The molecule has 150 valence electrons. The van der Waals surface area contributed by atoms with Gasteiger partial charge in [-0.1, -0.05) is 17.7 Å². The van der Waals surface area contributed by atoms with E-state index < -0.39 is 23.2 Å². The van der Waals surface area contributed by atoms with Gasteiger partial charge in [0.1, 0.15) is 5.75 Å². The lowest BCUT2D eigenvalue weighted by Crippen LogP contribution is -2.34. The molecule has 0 bridgehead atoms. The Labute approximate surface area is 162 Å². The molecule has 0 saturated carbocycles. The van der Waals surface area contributed by atoms with E-state index in [2.05, 4.69) is 10.6 Å². The number of carbonyl (C=O) groups is 2. The molecular weight excluding hydrogens is 364 g/mol. The summed E-state index contributed by atoms with van der Waals surface area (Å²) in [6, 6.07) is 9.75. The van der Waals surface area contributed by atoms with E-state index in [4.69, 9.17) is 4.74 Å². The predicted octanol–water partition coefficient (Wildman–Crippen LogP) is 1.82. The molecule has 5 N–H and O–H groups in total. The number of hydrogen-bond donors (Lipinski definition) is 5. The van der Waals surface area contributed by atoms with Gasteiger partial charge in [-0.2, -0.15) is 0 Å². The highest BCUT2D eigenvalue weighted by atomic mass is 16.5.